The molecular weight excluding hydrogens is 292 g/mol. The molecule has 0 radical (unpaired) electrons. The van der Waals surface area contributed by atoms with Gasteiger partial charge in [0.1, 0.15) is 0 Å². The highest BCUT2D eigenvalue weighted by Crippen LogP contribution is 2.38. The van der Waals surface area contributed by atoms with Crippen LogP contribution in [0.1, 0.15) is 13.3 Å². The summed E-state index contributed by atoms with van der Waals surface area (Å²) >= 11 is 0. The van der Waals surface area contributed by atoms with E-state index in [4.69, 9.17) is 0 Å². The van der Waals surface area contributed by atoms with Crippen molar-refractivity contribution < 1.29 is 44.7 Å². The number of carbonyl (C=O) groups is 1. The molecule has 0 aromatic rings. The van der Waals surface area contributed by atoms with E-state index in [0.29, 0.717) is 0 Å². The van der Waals surface area contributed by atoms with Crippen molar-refractivity contribution in [2.75, 3.05) is 6.61 Å². The molecule has 0 aliphatic carbocycles. The maximum absolute atomic E-state index is 12.4. The monoisotopic (exact) mass is 300 g/mol. The van der Waals surface area contributed by atoms with Crippen molar-refractivity contribution in [1.29, 1.82) is 0 Å². The Bertz CT molecular complexity index is 352. The highest BCUT2D eigenvalue weighted by molar-refractivity contribution is 5.87. The first-order valence-corrected chi connectivity index (χ1v) is 4.61. The second kappa shape index (κ2) is 5.74. The molecule has 112 valence electrons. The molecule has 0 N–H and O–H groups in total. The second-order valence-corrected chi connectivity index (χ2v) is 3.48. The van der Waals surface area contributed by atoms with Gasteiger partial charge in [0.05, 0.1) is 0 Å². The number of esters is 1. The Morgan fingerprint density at radius 3 is 1.89 bits per heavy atom. The summed E-state index contributed by atoms with van der Waals surface area (Å²) in [6, 6.07) is 0. The molecule has 0 aromatic carbocycles. The molecule has 0 amide bonds. The molecule has 0 aliphatic rings. The molecule has 0 saturated carbocycles. The lowest BCUT2D eigenvalue weighted by Crippen LogP contribution is -2.35. The molecule has 10 heteroatoms. The summed E-state index contributed by atoms with van der Waals surface area (Å²) < 4.78 is 98.7. The lowest BCUT2D eigenvalue weighted by Gasteiger charge is -2.17. The minimum atomic E-state index is -5.81. The fraction of sp³-hybridized carbons (Fsp3) is 0.667. The van der Waals surface area contributed by atoms with E-state index in [2.05, 4.69) is 4.74 Å². The first kappa shape index (κ1) is 17.6. The zero-order valence-electron chi connectivity index (χ0n) is 9.33. The summed E-state index contributed by atoms with van der Waals surface area (Å²) in [4.78, 5) is 10.8. The third-order valence-corrected chi connectivity index (χ3v) is 1.77. The van der Waals surface area contributed by atoms with E-state index in [-0.39, 0.29) is 6.08 Å². The summed E-state index contributed by atoms with van der Waals surface area (Å²) in [7, 11) is 0. The van der Waals surface area contributed by atoms with Crippen molar-refractivity contribution >= 4 is 5.97 Å². The van der Waals surface area contributed by atoms with Crippen LogP contribution in [0.25, 0.3) is 0 Å². The van der Waals surface area contributed by atoms with E-state index in [1.807, 2.05) is 0 Å². The first-order chi connectivity index (χ1) is 8.26. The lowest BCUT2D eigenvalue weighted by atomic mass is 10.1. The van der Waals surface area contributed by atoms with E-state index in [1.54, 1.807) is 0 Å². The van der Waals surface area contributed by atoms with Gasteiger partial charge in [-0.1, -0.05) is 6.08 Å². The van der Waals surface area contributed by atoms with Crippen molar-refractivity contribution in [2.45, 2.75) is 31.6 Å². The molecule has 0 spiro atoms. The molecular formula is C9H8F8O2. The maximum Gasteiger partial charge on any atom is 0.453 e. The zero-order valence-corrected chi connectivity index (χ0v) is 9.33. The standard InChI is InChI=1S/C9H8F8O2/c1-5(6(18)19-4-8(12,13)14)2-3-7(10,11)9(15,16)17/h2H,3-4H2,1H3. The Hall–Kier alpha value is -1.35. The highest BCUT2D eigenvalue weighted by atomic mass is 19.4. The molecule has 0 rings (SSSR count). The molecule has 0 aromatic heterocycles. The predicted octanol–water partition coefficient (Wildman–Crippen LogP) is 3.63. The van der Waals surface area contributed by atoms with Crippen LogP contribution in [0, 0.1) is 0 Å². The Morgan fingerprint density at radius 1 is 1.05 bits per heavy atom. The van der Waals surface area contributed by atoms with E-state index in [0.717, 1.165) is 6.92 Å². The van der Waals surface area contributed by atoms with Crippen LogP contribution in [0.3, 0.4) is 0 Å². The van der Waals surface area contributed by atoms with Crippen LogP contribution < -0.4 is 0 Å². The number of hydrogen-bond acceptors (Lipinski definition) is 2. The van der Waals surface area contributed by atoms with E-state index < -0.39 is 42.8 Å². The topological polar surface area (TPSA) is 26.3 Å². The minimum Gasteiger partial charge on any atom is -0.453 e. The molecule has 0 unspecified atom stereocenters. The van der Waals surface area contributed by atoms with E-state index in [9.17, 15) is 39.9 Å². The molecule has 0 saturated heterocycles. The largest absolute Gasteiger partial charge is 0.453 e. The lowest BCUT2D eigenvalue weighted by molar-refractivity contribution is -0.280. The van der Waals surface area contributed by atoms with Gasteiger partial charge in [-0.3, -0.25) is 0 Å². The van der Waals surface area contributed by atoms with Gasteiger partial charge in [-0.05, 0) is 6.92 Å². The fourth-order valence-corrected chi connectivity index (χ4v) is 0.742. The quantitative estimate of drug-likeness (QED) is 0.450. The molecule has 2 nitrogen and oxygen atoms in total. The number of carbonyl (C=O) groups excluding carboxylic acids is 1. The normalized spacial score (nSPS) is 14.5. The third-order valence-electron chi connectivity index (χ3n) is 1.77. The summed E-state index contributed by atoms with van der Waals surface area (Å²) in [5.74, 6) is -6.69. The Balaban J connectivity index is 4.54. The average Bonchev–Trinajstić information content (AvgIpc) is 2.19. The van der Waals surface area contributed by atoms with Crippen molar-refractivity contribution in [3.05, 3.63) is 11.6 Å². The van der Waals surface area contributed by atoms with Gasteiger partial charge in [-0.25, -0.2) is 4.79 Å². The SMILES string of the molecule is CC(=CCC(F)(F)C(F)(F)F)C(=O)OCC(F)(F)F. The van der Waals surface area contributed by atoms with Crippen molar-refractivity contribution in [2.24, 2.45) is 0 Å². The third kappa shape index (κ3) is 6.39. The van der Waals surface area contributed by atoms with Gasteiger partial charge in [0.15, 0.2) is 6.61 Å². The number of rotatable bonds is 4. The molecule has 0 fully saturated rings. The van der Waals surface area contributed by atoms with E-state index >= 15 is 0 Å². The highest BCUT2D eigenvalue weighted by Gasteiger charge is 2.56. The first-order valence-electron chi connectivity index (χ1n) is 4.61. The van der Waals surface area contributed by atoms with Crippen LogP contribution in [-0.2, 0) is 9.53 Å². The maximum atomic E-state index is 12.4. The number of halogens is 8. The number of ether oxygens (including phenoxy) is 1. The number of hydrogen-bond donors (Lipinski definition) is 0. The fourth-order valence-electron chi connectivity index (χ4n) is 0.742. The van der Waals surface area contributed by atoms with Gasteiger partial charge >= 0.3 is 24.2 Å². The van der Waals surface area contributed by atoms with Gasteiger partial charge in [0, 0.05) is 12.0 Å². The van der Waals surface area contributed by atoms with Crippen molar-refractivity contribution in [1.82, 2.24) is 0 Å². The Kier molecular flexibility index (Phi) is 5.33. The van der Waals surface area contributed by atoms with E-state index in [1.165, 1.54) is 0 Å². The smallest absolute Gasteiger partial charge is 0.453 e. The molecule has 0 heterocycles. The summed E-state index contributed by atoms with van der Waals surface area (Å²) in [5.41, 5.74) is -0.770. The number of allylic oxidation sites excluding steroid dienone is 1. The van der Waals surface area contributed by atoms with Gasteiger partial charge in [0.2, 0.25) is 0 Å². The van der Waals surface area contributed by atoms with Crippen LogP contribution >= 0.6 is 0 Å². The van der Waals surface area contributed by atoms with Gasteiger partial charge < -0.3 is 4.74 Å². The summed E-state index contributed by atoms with van der Waals surface area (Å²) in [6.45, 7) is -1.18. The second-order valence-electron chi connectivity index (χ2n) is 3.48. The summed E-state index contributed by atoms with van der Waals surface area (Å²) in [5, 5.41) is 0. The van der Waals surface area contributed by atoms with Crippen molar-refractivity contribution in [3.63, 3.8) is 0 Å². The average molecular weight is 300 g/mol. The molecule has 0 aliphatic heterocycles. The van der Waals surface area contributed by atoms with Crippen LogP contribution in [-0.4, -0.2) is 30.9 Å². The predicted molar refractivity (Wildman–Crippen MR) is 46.4 cm³/mol. The number of alkyl halides is 8. The van der Waals surface area contributed by atoms with Crippen LogP contribution in [0.4, 0.5) is 35.1 Å². The molecule has 0 atom stereocenters. The van der Waals surface area contributed by atoms with Crippen LogP contribution in [0.2, 0.25) is 0 Å². The summed E-state index contributed by atoms with van der Waals surface area (Å²) in [6.07, 6.45) is -12.3. The van der Waals surface area contributed by atoms with Crippen LogP contribution in [0.5, 0.6) is 0 Å². The van der Waals surface area contributed by atoms with Gasteiger partial charge in [-0.15, -0.1) is 0 Å². The van der Waals surface area contributed by atoms with Crippen LogP contribution in [0.15, 0.2) is 11.6 Å². The Morgan fingerprint density at radius 2 is 1.53 bits per heavy atom. The molecule has 19 heavy (non-hydrogen) atoms. The van der Waals surface area contributed by atoms with Gasteiger partial charge in [-0.2, -0.15) is 35.1 Å². The zero-order chi connectivity index (χ0) is 15.5. The van der Waals surface area contributed by atoms with Crippen molar-refractivity contribution in [3.8, 4) is 0 Å². The molecule has 0 bridgehead atoms. The Labute approximate surface area is 102 Å². The minimum absolute atomic E-state index is 0.173. The van der Waals surface area contributed by atoms with Gasteiger partial charge in [0.25, 0.3) is 0 Å².